The van der Waals surface area contributed by atoms with Gasteiger partial charge in [-0.15, -0.1) is 0 Å². The van der Waals surface area contributed by atoms with Crippen molar-refractivity contribution in [3.8, 4) is 0 Å². The molecule has 1 fully saturated rings. The van der Waals surface area contributed by atoms with Crippen LogP contribution in [0.3, 0.4) is 0 Å². The largest absolute Gasteiger partial charge is 0.391 e. The fourth-order valence-electron chi connectivity index (χ4n) is 2.95. The number of halogens is 5. The van der Waals surface area contributed by atoms with E-state index < -0.39 is 23.5 Å². The van der Waals surface area contributed by atoms with Gasteiger partial charge in [-0.1, -0.05) is 22.4 Å². The second-order valence-electron chi connectivity index (χ2n) is 5.65. The van der Waals surface area contributed by atoms with Gasteiger partial charge in [0.25, 0.3) is 0 Å². The zero-order chi connectivity index (χ0) is 15.0. The zero-order valence-electron chi connectivity index (χ0n) is 10.8. The van der Waals surface area contributed by atoms with Gasteiger partial charge in [-0.25, -0.2) is 4.39 Å². The lowest BCUT2D eigenvalue weighted by molar-refractivity contribution is -0.187. The molecule has 1 aromatic carbocycles. The standard InChI is InChI=1S/C14H16BrF4N/c15-11-4-9(5-12(16)6-11)7-13(20)3-1-2-10(8-13)14(17,18)19/h4-6,10H,1-3,7-8,20H2. The van der Waals surface area contributed by atoms with Crippen molar-refractivity contribution in [1.29, 1.82) is 0 Å². The second-order valence-corrected chi connectivity index (χ2v) is 6.57. The number of hydrogen-bond donors (Lipinski definition) is 1. The first-order valence-corrected chi connectivity index (χ1v) is 7.28. The van der Waals surface area contributed by atoms with Crippen LogP contribution in [0.2, 0.25) is 0 Å². The predicted octanol–water partition coefficient (Wildman–Crippen LogP) is 4.58. The molecule has 1 nitrogen and oxygen atoms in total. The van der Waals surface area contributed by atoms with Crippen LogP contribution in [0.15, 0.2) is 22.7 Å². The van der Waals surface area contributed by atoms with E-state index in [2.05, 4.69) is 15.9 Å². The summed E-state index contributed by atoms with van der Waals surface area (Å²) < 4.78 is 52.4. The molecule has 0 heterocycles. The molecule has 1 aliphatic rings. The number of rotatable bonds is 2. The van der Waals surface area contributed by atoms with Crippen molar-refractivity contribution >= 4 is 15.9 Å². The van der Waals surface area contributed by atoms with Crippen molar-refractivity contribution in [2.24, 2.45) is 11.7 Å². The Morgan fingerprint density at radius 3 is 2.60 bits per heavy atom. The highest BCUT2D eigenvalue weighted by atomic mass is 79.9. The zero-order valence-corrected chi connectivity index (χ0v) is 12.4. The van der Waals surface area contributed by atoms with E-state index in [-0.39, 0.29) is 19.3 Å². The average Bonchev–Trinajstić information content (AvgIpc) is 2.25. The van der Waals surface area contributed by atoms with Gasteiger partial charge in [-0.2, -0.15) is 13.2 Å². The first-order chi connectivity index (χ1) is 9.18. The van der Waals surface area contributed by atoms with Crippen molar-refractivity contribution < 1.29 is 17.6 Å². The smallest absolute Gasteiger partial charge is 0.325 e. The number of alkyl halides is 3. The Morgan fingerprint density at radius 2 is 2.00 bits per heavy atom. The van der Waals surface area contributed by atoms with Crippen molar-refractivity contribution in [2.45, 2.75) is 43.8 Å². The molecule has 20 heavy (non-hydrogen) atoms. The van der Waals surface area contributed by atoms with Crippen LogP contribution in [0.25, 0.3) is 0 Å². The molecule has 1 aromatic rings. The number of benzene rings is 1. The van der Waals surface area contributed by atoms with Gasteiger partial charge in [0.15, 0.2) is 0 Å². The summed E-state index contributed by atoms with van der Waals surface area (Å²) in [6.07, 6.45) is -2.91. The van der Waals surface area contributed by atoms with Crippen LogP contribution in [0, 0.1) is 11.7 Å². The van der Waals surface area contributed by atoms with E-state index >= 15 is 0 Å². The van der Waals surface area contributed by atoms with E-state index in [1.807, 2.05) is 0 Å². The topological polar surface area (TPSA) is 26.0 Å². The van der Waals surface area contributed by atoms with Crippen LogP contribution in [-0.4, -0.2) is 11.7 Å². The Kier molecular flexibility index (Phi) is 4.44. The fourth-order valence-corrected chi connectivity index (χ4v) is 3.47. The molecule has 6 heteroatoms. The highest BCUT2D eigenvalue weighted by Crippen LogP contribution is 2.42. The Balaban J connectivity index is 2.14. The lowest BCUT2D eigenvalue weighted by atomic mass is 9.73. The molecular weight excluding hydrogens is 338 g/mol. The summed E-state index contributed by atoms with van der Waals surface area (Å²) in [7, 11) is 0. The van der Waals surface area contributed by atoms with Gasteiger partial charge >= 0.3 is 6.18 Å². The van der Waals surface area contributed by atoms with E-state index in [1.165, 1.54) is 12.1 Å². The van der Waals surface area contributed by atoms with Crippen molar-refractivity contribution in [2.75, 3.05) is 0 Å². The molecule has 2 unspecified atom stereocenters. The lowest BCUT2D eigenvalue weighted by Gasteiger charge is -2.39. The molecule has 0 spiro atoms. The summed E-state index contributed by atoms with van der Waals surface area (Å²) in [5.41, 5.74) is 5.86. The van der Waals surface area contributed by atoms with E-state index in [9.17, 15) is 17.6 Å². The van der Waals surface area contributed by atoms with Crippen molar-refractivity contribution in [3.05, 3.63) is 34.1 Å². The van der Waals surface area contributed by atoms with Gasteiger partial charge in [-0.3, -0.25) is 0 Å². The summed E-state index contributed by atoms with van der Waals surface area (Å²) in [4.78, 5) is 0. The first-order valence-electron chi connectivity index (χ1n) is 6.49. The Hall–Kier alpha value is -0.620. The molecule has 0 bridgehead atoms. The third-order valence-electron chi connectivity index (χ3n) is 3.82. The summed E-state index contributed by atoms with van der Waals surface area (Å²) in [6, 6.07) is 4.34. The van der Waals surface area contributed by atoms with E-state index in [0.717, 1.165) is 0 Å². The summed E-state index contributed by atoms with van der Waals surface area (Å²) >= 11 is 3.18. The Bertz CT molecular complexity index is 468. The minimum absolute atomic E-state index is 0.0926. The molecule has 0 aromatic heterocycles. The van der Waals surface area contributed by atoms with Gasteiger partial charge in [0.05, 0.1) is 5.92 Å². The maximum atomic E-state index is 13.3. The molecule has 2 N–H and O–H groups in total. The van der Waals surface area contributed by atoms with Crippen LogP contribution >= 0.6 is 15.9 Å². The van der Waals surface area contributed by atoms with E-state index in [0.29, 0.717) is 22.9 Å². The quantitative estimate of drug-likeness (QED) is 0.773. The molecule has 0 amide bonds. The highest BCUT2D eigenvalue weighted by Gasteiger charge is 2.46. The van der Waals surface area contributed by atoms with Gasteiger partial charge < -0.3 is 5.73 Å². The second kappa shape index (κ2) is 5.64. The minimum atomic E-state index is -4.20. The highest BCUT2D eigenvalue weighted by molar-refractivity contribution is 9.10. The average molecular weight is 354 g/mol. The predicted molar refractivity (Wildman–Crippen MR) is 72.7 cm³/mol. The van der Waals surface area contributed by atoms with Crippen LogP contribution in [-0.2, 0) is 6.42 Å². The molecule has 112 valence electrons. The molecule has 0 radical (unpaired) electrons. The molecule has 2 rings (SSSR count). The van der Waals surface area contributed by atoms with E-state index in [1.54, 1.807) is 6.07 Å². The molecule has 0 saturated heterocycles. The third-order valence-corrected chi connectivity index (χ3v) is 4.28. The Morgan fingerprint density at radius 1 is 1.30 bits per heavy atom. The maximum Gasteiger partial charge on any atom is 0.391 e. The third kappa shape index (κ3) is 3.95. The molecule has 1 saturated carbocycles. The minimum Gasteiger partial charge on any atom is -0.325 e. The van der Waals surface area contributed by atoms with Gasteiger partial charge in [-0.05, 0) is 49.4 Å². The number of hydrogen-bond acceptors (Lipinski definition) is 1. The first kappa shape index (κ1) is 15.8. The van der Waals surface area contributed by atoms with E-state index in [4.69, 9.17) is 5.73 Å². The maximum absolute atomic E-state index is 13.3. The van der Waals surface area contributed by atoms with Crippen LogP contribution < -0.4 is 5.73 Å². The summed E-state index contributed by atoms with van der Waals surface area (Å²) in [5, 5.41) is 0. The van der Waals surface area contributed by atoms with Crippen molar-refractivity contribution in [3.63, 3.8) is 0 Å². The van der Waals surface area contributed by atoms with Crippen LogP contribution in [0.4, 0.5) is 17.6 Å². The van der Waals surface area contributed by atoms with Gasteiger partial charge in [0.1, 0.15) is 5.82 Å². The van der Waals surface area contributed by atoms with Gasteiger partial charge in [0.2, 0.25) is 0 Å². The van der Waals surface area contributed by atoms with Gasteiger partial charge in [0, 0.05) is 10.0 Å². The van der Waals surface area contributed by atoms with Crippen molar-refractivity contribution in [1.82, 2.24) is 0 Å². The molecule has 2 atom stereocenters. The fraction of sp³-hybridized carbons (Fsp3) is 0.571. The normalized spacial score (nSPS) is 27.6. The number of nitrogens with two attached hydrogens (primary N) is 1. The summed E-state index contributed by atoms with van der Waals surface area (Å²) in [5.74, 6) is -1.76. The monoisotopic (exact) mass is 353 g/mol. The lowest BCUT2D eigenvalue weighted by Crippen LogP contribution is -2.48. The molecule has 0 aliphatic heterocycles. The molecule has 1 aliphatic carbocycles. The SMILES string of the molecule is NC1(Cc2cc(F)cc(Br)c2)CCCC(C(F)(F)F)C1. The van der Waals surface area contributed by atoms with Crippen LogP contribution in [0.1, 0.15) is 31.2 Å². The summed E-state index contributed by atoms with van der Waals surface area (Å²) in [6.45, 7) is 0. The van der Waals surface area contributed by atoms with Crippen LogP contribution in [0.5, 0.6) is 0 Å². The molecular formula is C14H16BrF4N. The Labute approximate surface area is 123 Å².